The molecule has 0 radical (unpaired) electrons. The molecule has 26 heavy (non-hydrogen) atoms. The molecule has 0 saturated heterocycles. The van der Waals surface area contributed by atoms with Crippen LogP contribution in [-0.4, -0.2) is 33.3 Å². The van der Waals surface area contributed by atoms with Crippen LogP contribution in [0, 0.1) is 5.82 Å². The van der Waals surface area contributed by atoms with Crippen molar-refractivity contribution in [3.8, 4) is 5.69 Å². The first-order valence-corrected chi connectivity index (χ1v) is 8.93. The zero-order valence-electron chi connectivity index (χ0n) is 14.5. The molecule has 3 rings (SSSR count). The van der Waals surface area contributed by atoms with Crippen molar-refractivity contribution in [3.05, 3.63) is 47.0 Å². The lowest BCUT2D eigenvalue weighted by molar-refractivity contribution is -0.137. The molecule has 0 fully saturated rings. The van der Waals surface area contributed by atoms with Gasteiger partial charge in [0.15, 0.2) is 5.69 Å². The number of unbranched alkanes of at least 4 members (excludes halogenated alkanes) is 1. The Kier molecular flexibility index (Phi) is 5.65. The summed E-state index contributed by atoms with van der Waals surface area (Å²) >= 11 is 0. The summed E-state index contributed by atoms with van der Waals surface area (Å²) < 4.78 is 15.3. The zero-order chi connectivity index (χ0) is 18.5. The van der Waals surface area contributed by atoms with Crippen LogP contribution < -0.4 is 5.32 Å². The number of rotatable bonds is 7. The van der Waals surface area contributed by atoms with Gasteiger partial charge in [-0.1, -0.05) is 6.07 Å². The summed E-state index contributed by atoms with van der Waals surface area (Å²) in [6.07, 6.45) is 4.83. The quantitative estimate of drug-likeness (QED) is 0.745. The summed E-state index contributed by atoms with van der Waals surface area (Å²) in [5.74, 6) is -1.43. The summed E-state index contributed by atoms with van der Waals surface area (Å²) in [5, 5.41) is 15.9. The average molecular weight is 359 g/mol. The molecule has 138 valence electrons. The van der Waals surface area contributed by atoms with E-state index in [0.29, 0.717) is 30.8 Å². The molecule has 0 atom stereocenters. The van der Waals surface area contributed by atoms with Gasteiger partial charge >= 0.3 is 5.97 Å². The van der Waals surface area contributed by atoms with Crippen LogP contribution in [0.4, 0.5) is 4.39 Å². The maximum atomic E-state index is 13.6. The minimum atomic E-state index is -0.834. The van der Waals surface area contributed by atoms with Gasteiger partial charge in [-0.25, -0.2) is 9.07 Å². The Labute approximate surface area is 151 Å². The first kappa shape index (κ1) is 18.1. The van der Waals surface area contributed by atoms with Gasteiger partial charge in [0, 0.05) is 24.2 Å². The number of hydrogen-bond donors (Lipinski definition) is 2. The molecule has 1 aromatic heterocycles. The third-order valence-corrected chi connectivity index (χ3v) is 4.55. The Morgan fingerprint density at radius 3 is 2.81 bits per heavy atom. The van der Waals surface area contributed by atoms with Crippen LogP contribution in [0.25, 0.3) is 5.69 Å². The number of fused-ring (bicyclic) bond motifs is 1. The third kappa shape index (κ3) is 4.09. The van der Waals surface area contributed by atoms with Crippen LogP contribution >= 0.6 is 0 Å². The first-order chi connectivity index (χ1) is 12.6. The van der Waals surface area contributed by atoms with Gasteiger partial charge in [-0.05, 0) is 56.7 Å². The number of aromatic nitrogens is 2. The van der Waals surface area contributed by atoms with Crippen molar-refractivity contribution in [2.75, 3.05) is 6.54 Å². The van der Waals surface area contributed by atoms with Crippen molar-refractivity contribution in [2.45, 2.75) is 44.9 Å². The first-order valence-electron chi connectivity index (χ1n) is 8.93. The number of halogens is 1. The smallest absolute Gasteiger partial charge is 0.303 e. The SMILES string of the molecule is O=C(O)CCCCNC(=O)c1nn(-c2cccc(F)c2)c2c1CCCC2. The van der Waals surface area contributed by atoms with Gasteiger partial charge in [0.1, 0.15) is 5.82 Å². The van der Waals surface area contributed by atoms with E-state index in [1.54, 1.807) is 16.8 Å². The van der Waals surface area contributed by atoms with Gasteiger partial charge in [-0.15, -0.1) is 0 Å². The number of nitrogens with one attached hydrogen (secondary N) is 1. The zero-order valence-corrected chi connectivity index (χ0v) is 14.5. The fraction of sp³-hybridized carbons (Fsp3) is 0.421. The second-order valence-corrected chi connectivity index (χ2v) is 6.48. The van der Waals surface area contributed by atoms with Crippen LogP contribution in [0.15, 0.2) is 24.3 Å². The van der Waals surface area contributed by atoms with Crippen LogP contribution in [0.2, 0.25) is 0 Å². The van der Waals surface area contributed by atoms with Crippen molar-refractivity contribution in [3.63, 3.8) is 0 Å². The summed E-state index contributed by atoms with van der Waals surface area (Å²) in [5.41, 5.74) is 2.91. The number of aliphatic carboxylic acids is 1. The Morgan fingerprint density at radius 1 is 1.23 bits per heavy atom. The summed E-state index contributed by atoms with van der Waals surface area (Å²) in [6, 6.07) is 6.20. The van der Waals surface area contributed by atoms with Gasteiger partial charge < -0.3 is 10.4 Å². The number of carboxylic acid groups (broad SMARTS) is 1. The number of carbonyl (C=O) groups is 2. The number of carbonyl (C=O) groups excluding carboxylic acids is 1. The fourth-order valence-corrected chi connectivity index (χ4v) is 3.29. The van der Waals surface area contributed by atoms with Crippen molar-refractivity contribution >= 4 is 11.9 Å². The molecule has 0 spiro atoms. The lowest BCUT2D eigenvalue weighted by Gasteiger charge is -2.14. The van der Waals surface area contributed by atoms with Crippen LogP contribution in [0.5, 0.6) is 0 Å². The fourth-order valence-electron chi connectivity index (χ4n) is 3.29. The summed E-state index contributed by atoms with van der Waals surface area (Å²) in [6.45, 7) is 0.410. The molecule has 7 heteroatoms. The van der Waals surface area contributed by atoms with E-state index < -0.39 is 5.97 Å². The molecule has 1 amide bonds. The molecule has 1 aromatic carbocycles. The maximum absolute atomic E-state index is 13.6. The number of amides is 1. The largest absolute Gasteiger partial charge is 0.481 e. The van der Waals surface area contributed by atoms with Crippen LogP contribution in [0.1, 0.15) is 53.8 Å². The highest BCUT2D eigenvalue weighted by molar-refractivity contribution is 5.94. The van der Waals surface area contributed by atoms with Crippen molar-refractivity contribution in [1.82, 2.24) is 15.1 Å². The number of nitrogens with zero attached hydrogens (tertiary/aromatic N) is 2. The molecule has 1 aliphatic carbocycles. The Bertz CT molecular complexity index is 816. The average Bonchev–Trinajstić information content (AvgIpc) is 3.01. The van der Waals surface area contributed by atoms with Crippen molar-refractivity contribution < 1.29 is 19.1 Å². The second kappa shape index (κ2) is 8.12. The summed E-state index contributed by atoms with van der Waals surface area (Å²) in [7, 11) is 0. The number of benzene rings is 1. The molecular formula is C19H22FN3O3. The van der Waals surface area contributed by atoms with Gasteiger partial charge in [-0.2, -0.15) is 5.10 Å². The maximum Gasteiger partial charge on any atom is 0.303 e. The normalized spacial score (nSPS) is 13.3. The molecule has 2 aromatic rings. The number of carboxylic acids is 1. The molecule has 6 nitrogen and oxygen atoms in total. The van der Waals surface area contributed by atoms with E-state index in [0.717, 1.165) is 36.9 Å². The molecular weight excluding hydrogens is 337 g/mol. The third-order valence-electron chi connectivity index (χ3n) is 4.55. The lowest BCUT2D eigenvalue weighted by Crippen LogP contribution is -2.26. The Hall–Kier alpha value is -2.70. The minimum Gasteiger partial charge on any atom is -0.481 e. The van der Waals surface area contributed by atoms with Gasteiger partial charge in [0.2, 0.25) is 0 Å². The molecule has 0 bridgehead atoms. The molecule has 0 aliphatic heterocycles. The predicted octanol–water partition coefficient (Wildman–Crippen LogP) is 2.87. The minimum absolute atomic E-state index is 0.0967. The van der Waals surface area contributed by atoms with E-state index in [-0.39, 0.29) is 18.1 Å². The van der Waals surface area contributed by atoms with Crippen molar-refractivity contribution in [1.29, 1.82) is 0 Å². The summed E-state index contributed by atoms with van der Waals surface area (Å²) in [4.78, 5) is 23.1. The van der Waals surface area contributed by atoms with E-state index >= 15 is 0 Å². The van der Waals surface area contributed by atoms with E-state index in [1.165, 1.54) is 12.1 Å². The molecule has 0 saturated carbocycles. The van der Waals surface area contributed by atoms with Crippen LogP contribution in [-0.2, 0) is 17.6 Å². The second-order valence-electron chi connectivity index (χ2n) is 6.48. The van der Waals surface area contributed by atoms with Gasteiger partial charge in [-0.3, -0.25) is 9.59 Å². The van der Waals surface area contributed by atoms with Crippen LogP contribution in [0.3, 0.4) is 0 Å². The van der Waals surface area contributed by atoms with E-state index in [1.807, 2.05) is 0 Å². The van der Waals surface area contributed by atoms with E-state index in [2.05, 4.69) is 10.4 Å². The topological polar surface area (TPSA) is 84.2 Å². The molecule has 2 N–H and O–H groups in total. The number of hydrogen-bond acceptors (Lipinski definition) is 3. The van der Waals surface area contributed by atoms with Gasteiger partial charge in [0.05, 0.1) is 5.69 Å². The van der Waals surface area contributed by atoms with Crippen molar-refractivity contribution in [2.24, 2.45) is 0 Å². The molecule has 0 unspecified atom stereocenters. The monoisotopic (exact) mass is 359 g/mol. The lowest BCUT2D eigenvalue weighted by atomic mass is 9.95. The highest BCUT2D eigenvalue weighted by Crippen LogP contribution is 2.27. The molecule has 1 aliphatic rings. The highest BCUT2D eigenvalue weighted by atomic mass is 19.1. The van der Waals surface area contributed by atoms with E-state index in [9.17, 15) is 14.0 Å². The highest BCUT2D eigenvalue weighted by Gasteiger charge is 2.25. The van der Waals surface area contributed by atoms with E-state index in [4.69, 9.17) is 5.11 Å². The van der Waals surface area contributed by atoms with Gasteiger partial charge in [0.25, 0.3) is 5.91 Å². The Morgan fingerprint density at radius 2 is 2.04 bits per heavy atom. The predicted molar refractivity (Wildman–Crippen MR) is 94.0 cm³/mol. The molecule has 1 heterocycles. The standard InChI is InChI=1S/C19H22FN3O3/c20-13-6-5-7-14(12-13)23-16-9-2-1-8-15(16)18(22-23)19(26)21-11-4-3-10-17(24)25/h5-7,12H,1-4,8-11H2,(H,21,26)(H,24,25). The Balaban J connectivity index is 1.77.